The first-order valence-corrected chi connectivity index (χ1v) is 8.58. The van der Waals surface area contributed by atoms with E-state index in [-0.39, 0.29) is 18.2 Å². The fourth-order valence-electron chi connectivity index (χ4n) is 3.01. The van der Waals surface area contributed by atoms with Crippen LogP contribution in [0.25, 0.3) is 0 Å². The van der Waals surface area contributed by atoms with Crippen LogP contribution in [0.4, 0.5) is 19.0 Å². The molecule has 3 rings (SSSR count). The van der Waals surface area contributed by atoms with Crippen LogP contribution in [0, 0.1) is 6.92 Å². The number of anilines is 1. The minimum Gasteiger partial charge on any atom is -0.312 e. The highest BCUT2D eigenvalue weighted by atomic mass is 19.4. The van der Waals surface area contributed by atoms with E-state index in [4.69, 9.17) is 0 Å². The molecular formula is C19H20F3N4O+. The van der Waals surface area contributed by atoms with Gasteiger partial charge in [-0.15, -0.1) is 0 Å². The average Bonchev–Trinajstić information content (AvgIpc) is 2.90. The zero-order valence-corrected chi connectivity index (χ0v) is 15.0. The first-order chi connectivity index (χ1) is 12.8. The van der Waals surface area contributed by atoms with Gasteiger partial charge in [0.05, 0.1) is 12.1 Å². The summed E-state index contributed by atoms with van der Waals surface area (Å²) in [5.74, 6) is -1.00. The van der Waals surface area contributed by atoms with E-state index in [1.54, 1.807) is 50.2 Å². The van der Waals surface area contributed by atoms with Crippen molar-refractivity contribution in [2.45, 2.75) is 32.1 Å². The number of nitrogens with one attached hydrogen (secondary N) is 2. The molecule has 0 saturated carbocycles. The minimum absolute atomic E-state index is 0.0288. The third-order valence-electron chi connectivity index (χ3n) is 4.29. The van der Waals surface area contributed by atoms with Crippen molar-refractivity contribution in [1.29, 1.82) is 0 Å². The molecule has 142 valence electrons. The first-order valence-electron chi connectivity index (χ1n) is 8.58. The Morgan fingerprint density at radius 1 is 1.22 bits per heavy atom. The summed E-state index contributed by atoms with van der Waals surface area (Å²) in [5, 5.41) is 2.31. The fourth-order valence-corrected chi connectivity index (χ4v) is 3.01. The van der Waals surface area contributed by atoms with Crippen molar-refractivity contribution >= 4 is 17.6 Å². The molecule has 0 saturated heterocycles. The highest BCUT2D eigenvalue weighted by Gasteiger charge is 2.71. The van der Waals surface area contributed by atoms with Crippen molar-refractivity contribution in [3.05, 3.63) is 59.8 Å². The van der Waals surface area contributed by atoms with Crippen molar-refractivity contribution in [2.75, 3.05) is 11.9 Å². The quantitative estimate of drug-likeness (QED) is 0.836. The van der Waals surface area contributed by atoms with Gasteiger partial charge in [-0.05, 0) is 43.2 Å². The molecule has 1 amide bonds. The molecule has 8 heteroatoms. The fraction of sp³-hybridized carbons (Fsp3) is 0.316. The van der Waals surface area contributed by atoms with Gasteiger partial charge in [-0.1, -0.05) is 25.1 Å². The smallest absolute Gasteiger partial charge is 0.312 e. The Kier molecular flexibility index (Phi) is 4.91. The normalized spacial score (nSPS) is 20.0. The standard InChI is InChI=1S/C19H19F3N4O/c1-3-11-26-16(14-7-5-4-6-8-14)25-18(17(26)27,19(20,21)22)24-15-12-13(2)9-10-23-15/h4-10,12H,3,11H2,1-2H3,(H,23,24)/p+1/t18-/m0/s1. The summed E-state index contributed by atoms with van der Waals surface area (Å²) in [4.78, 5) is 20.5. The number of carbonyl (C=O) groups excluding carboxylic acids is 1. The summed E-state index contributed by atoms with van der Waals surface area (Å²) >= 11 is 0. The van der Waals surface area contributed by atoms with Crippen LogP contribution in [0.2, 0.25) is 0 Å². The highest BCUT2D eigenvalue weighted by Crippen LogP contribution is 2.32. The van der Waals surface area contributed by atoms with Gasteiger partial charge in [0.1, 0.15) is 5.82 Å². The number of halogens is 3. The molecule has 1 aliphatic heterocycles. The third-order valence-corrected chi connectivity index (χ3v) is 4.29. The van der Waals surface area contributed by atoms with Crippen molar-refractivity contribution < 1.29 is 23.0 Å². The van der Waals surface area contributed by atoms with Gasteiger partial charge in [-0.2, -0.15) is 18.1 Å². The summed E-state index contributed by atoms with van der Waals surface area (Å²) in [6, 6.07) is 11.6. The van der Waals surface area contributed by atoms with Crippen LogP contribution in [0.3, 0.4) is 0 Å². The molecule has 0 aliphatic carbocycles. The molecule has 0 unspecified atom stereocenters. The molecular weight excluding hydrogens is 357 g/mol. The maximum Gasteiger partial charge on any atom is 0.465 e. The molecule has 1 aromatic heterocycles. The van der Waals surface area contributed by atoms with E-state index in [1.165, 1.54) is 12.3 Å². The van der Waals surface area contributed by atoms with E-state index < -0.39 is 17.7 Å². The van der Waals surface area contributed by atoms with Crippen molar-refractivity contribution in [2.24, 2.45) is 0 Å². The van der Waals surface area contributed by atoms with Crippen molar-refractivity contribution in [3.8, 4) is 0 Å². The Bertz CT molecular complexity index is 867. The van der Waals surface area contributed by atoms with Crippen LogP contribution in [0.5, 0.6) is 0 Å². The van der Waals surface area contributed by atoms with Crippen LogP contribution in [0.1, 0.15) is 24.5 Å². The highest BCUT2D eigenvalue weighted by molar-refractivity contribution is 6.11. The van der Waals surface area contributed by atoms with Crippen LogP contribution in [-0.4, -0.2) is 40.0 Å². The number of benzene rings is 1. The predicted octanol–water partition coefficient (Wildman–Crippen LogP) is 1.84. The molecule has 0 spiro atoms. The second-order valence-electron chi connectivity index (χ2n) is 6.39. The van der Waals surface area contributed by atoms with Gasteiger partial charge < -0.3 is 5.32 Å². The number of aromatic nitrogens is 1. The van der Waals surface area contributed by atoms with Gasteiger partial charge in [-0.25, -0.2) is 14.8 Å². The number of carbonyl (C=O) groups is 1. The zero-order valence-electron chi connectivity index (χ0n) is 15.0. The molecule has 2 aromatic rings. The third kappa shape index (κ3) is 3.39. The number of pyridine rings is 1. The Balaban J connectivity index is 2.14. The molecule has 27 heavy (non-hydrogen) atoms. The predicted molar refractivity (Wildman–Crippen MR) is 94.9 cm³/mol. The van der Waals surface area contributed by atoms with E-state index in [9.17, 15) is 18.0 Å². The second-order valence-corrected chi connectivity index (χ2v) is 6.39. The van der Waals surface area contributed by atoms with Crippen LogP contribution >= 0.6 is 0 Å². The average molecular weight is 377 g/mol. The molecule has 1 aromatic carbocycles. The van der Waals surface area contributed by atoms with Gasteiger partial charge in [0, 0.05) is 6.20 Å². The molecule has 5 nitrogen and oxygen atoms in total. The topological polar surface area (TPSA) is 59.2 Å². The summed E-state index contributed by atoms with van der Waals surface area (Å²) in [5.41, 5.74) is -1.74. The van der Waals surface area contributed by atoms with Gasteiger partial charge in [0.2, 0.25) is 0 Å². The summed E-state index contributed by atoms with van der Waals surface area (Å²) < 4.78 is 42.4. The Hall–Kier alpha value is -2.90. The Morgan fingerprint density at radius 3 is 2.52 bits per heavy atom. The molecule has 0 fully saturated rings. The molecule has 2 N–H and O–H groups in total. The largest absolute Gasteiger partial charge is 0.465 e. The second kappa shape index (κ2) is 7.02. The zero-order chi connectivity index (χ0) is 19.7. The molecule has 1 aliphatic rings. The number of hydrogen-bond donors (Lipinski definition) is 2. The number of amidine groups is 1. The number of nitrogens with zero attached hydrogens (tertiary/aromatic N) is 2. The van der Waals surface area contributed by atoms with Gasteiger partial charge >= 0.3 is 17.7 Å². The maximum atomic E-state index is 14.1. The lowest BCUT2D eigenvalue weighted by Crippen LogP contribution is -2.94. The molecule has 2 heterocycles. The number of hydrogen-bond acceptors (Lipinski definition) is 3. The molecule has 0 bridgehead atoms. The number of aryl methyl sites for hydroxylation is 1. The van der Waals surface area contributed by atoms with E-state index >= 15 is 0 Å². The van der Waals surface area contributed by atoms with Crippen LogP contribution in [-0.2, 0) is 4.79 Å². The van der Waals surface area contributed by atoms with E-state index in [0.717, 1.165) is 10.5 Å². The Labute approximate surface area is 154 Å². The number of rotatable bonds is 5. The van der Waals surface area contributed by atoms with Gasteiger partial charge in [0.15, 0.2) is 0 Å². The monoisotopic (exact) mass is 377 g/mol. The van der Waals surface area contributed by atoms with E-state index in [2.05, 4.69) is 15.3 Å². The summed E-state index contributed by atoms with van der Waals surface area (Å²) in [7, 11) is 0. The summed E-state index contributed by atoms with van der Waals surface area (Å²) in [6.07, 6.45) is -2.98. The summed E-state index contributed by atoms with van der Waals surface area (Å²) in [6.45, 7) is 3.71. The molecule has 1 atom stereocenters. The maximum absolute atomic E-state index is 14.1. The Morgan fingerprint density at radius 2 is 1.93 bits per heavy atom. The van der Waals surface area contributed by atoms with Crippen LogP contribution < -0.4 is 10.3 Å². The van der Waals surface area contributed by atoms with E-state index in [0.29, 0.717) is 12.0 Å². The lowest BCUT2D eigenvalue weighted by atomic mass is 10.1. The lowest BCUT2D eigenvalue weighted by molar-refractivity contribution is -0.566. The van der Waals surface area contributed by atoms with Crippen LogP contribution in [0.15, 0.2) is 48.7 Å². The van der Waals surface area contributed by atoms with Crippen molar-refractivity contribution in [3.63, 3.8) is 0 Å². The van der Waals surface area contributed by atoms with Gasteiger partial charge in [0.25, 0.3) is 5.84 Å². The van der Waals surface area contributed by atoms with E-state index in [1.807, 2.05) is 0 Å². The first kappa shape index (κ1) is 18.9. The SMILES string of the molecule is CCCN1C(=O)[C@@](Nc2cc(C)ccn2)(C(F)(F)F)[NH+]=C1c1ccccc1. The number of alkyl halides is 3. The lowest BCUT2D eigenvalue weighted by Gasteiger charge is -2.25. The van der Waals surface area contributed by atoms with Crippen molar-refractivity contribution in [1.82, 2.24) is 9.88 Å². The minimum atomic E-state index is -4.89. The molecule has 0 radical (unpaired) electrons. The number of amides is 1. The van der Waals surface area contributed by atoms with Gasteiger partial charge in [-0.3, -0.25) is 0 Å².